The molecule has 1 N–H and O–H groups in total. The number of aliphatic hydroxyl groups is 1. The first kappa shape index (κ1) is 49.1. The first-order valence-corrected chi connectivity index (χ1v) is 29.4. The molecule has 2 amide bonds. The van der Waals surface area contributed by atoms with Gasteiger partial charge in [0.05, 0.1) is 18.3 Å². The van der Waals surface area contributed by atoms with E-state index in [0.717, 1.165) is 119 Å². The number of piperidine rings is 2. The van der Waals surface area contributed by atoms with E-state index in [9.17, 15) is 19.5 Å². The van der Waals surface area contributed by atoms with Gasteiger partial charge in [-0.1, -0.05) is 75.9 Å². The van der Waals surface area contributed by atoms with E-state index in [4.69, 9.17) is 12.2 Å². The van der Waals surface area contributed by atoms with Crippen molar-refractivity contribution >= 4 is 27.8 Å². The molecule has 24 atom stereocenters. The normalized spacial score (nSPS) is 55.3. The van der Waals surface area contributed by atoms with Crippen LogP contribution >= 0.6 is 9.24 Å². The third kappa shape index (κ3) is 7.59. The quantitative estimate of drug-likeness (QED) is 0.219. The highest BCUT2D eigenvalue weighted by atomic mass is 31.0. The SMILES string of the molecule is C[C@H]1CC[C@@]2(OC3CC4[C@@H]5CCC6CC(=O)CC[C@]6(C)C5CC[C@]4(C)C3[C@@H]2C)N(C=O)C1.C[C@H]1CC[C@@]2(OC3CC4[C@@H]5CCC6C[C@@H](O)CC[C@]6(C)C5CC[C@]4(C)C3[C@@H]2C)N(C=O)C1.[2H]CC.[2H]CP. The third-order valence-corrected chi connectivity index (χ3v) is 24.7. The lowest BCUT2D eigenvalue weighted by atomic mass is 9.44. The number of hydrogen-bond acceptors (Lipinski definition) is 6. The van der Waals surface area contributed by atoms with Gasteiger partial charge in [-0.3, -0.25) is 14.4 Å². The molecule has 68 heavy (non-hydrogen) atoms. The van der Waals surface area contributed by atoms with Gasteiger partial charge < -0.3 is 24.4 Å². The summed E-state index contributed by atoms with van der Waals surface area (Å²) >= 11 is 0. The molecule has 12 rings (SSSR count). The fourth-order valence-corrected chi connectivity index (χ4v) is 21.5. The van der Waals surface area contributed by atoms with Gasteiger partial charge in [0.25, 0.3) is 0 Å². The number of ether oxygens (including phenoxy) is 2. The average Bonchev–Trinajstić information content (AvgIpc) is 3.99. The van der Waals surface area contributed by atoms with Crippen LogP contribution in [-0.2, 0) is 23.9 Å². The first-order chi connectivity index (χ1) is 33.3. The van der Waals surface area contributed by atoms with E-state index < -0.39 is 0 Å². The highest BCUT2D eigenvalue weighted by Crippen LogP contribution is 2.73. The number of Topliss-reactive ketones (excluding diaryl/α,β-unsaturated/α-hetero) is 1. The van der Waals surface area contributed by atoms with Crippen molar-refractivity contribution in [2.75, 3.05) is 19.7 Å². The molecule has 8 nitrogen and oxygen atoms in total. The number of aliphatic hydroxyl groups excluding tert-OH is 1. The highest BCUT2D eigenvalue weighted by Gasteiger charge is 2.72. The van der Waals surface area contributed by atoms with Gasteiger partial charge in [-0.05, 0) is 208 Å². The Bertz CT molecular complexity index is 1900. The molecule has 0 aromatic rings. The zero-order valence-electron chi connectivity index (χ0n) is 46.4. The minimum absolute atomic E-state index is 0.0614. The second kappa shape index (κ2) is 19.0. The average molecular weight is 965 g/mol. The second-order valence-corrected chi connectivity index (χ2v) is 27.0. The fourth-order valence-electron chi connectivity index (χ4n) is 21.5. The molecule has 8 aliphatic carbocycles. The molecule has 0 aromatic heterocycles. The van der Waals surface area contributed by atoms with E-state index in [0.29, 0.717) is 94.6 Å². The Balaban J connectivity index is 0.000000157. The van der Waals surface area contributed by atoms with E-state index in [2.05, 4.69) is 64.6 Å². The van der Waals surface area contributed by atoms with Gasteiger partial charge in [0.1, 0.15) is 17.2 Å². The molecule has 4 heterocycles. The van der Waals surface area contributed by atoms with Crippen molar-refractivity contribution in [1.29, 1.82) is 0 Å². The molecule has 9 heteroatoms. The van der Waals surface area contributed by atoms with Crippen LogP contribution in [0.1, 0.15) is 200 Å². The van der Waals surface area contributed by atoms with Crippen LogP contribution in [0, 0.1) is 105 Å². The number of likely N-dealkylation sites (tertiary alicyclic amines) is 2. The van der Waals surface area contributed by atoms with Crippen LogP contribution in [0.3, 0.4) is 0 Å². The Morgan fingerprint density at radius 2 is 1.06 bits per heavy atom. The largest absolute Gasteiger partial charge is 0.393 e. The first-order valence-electron chi connectivity index (χ1n) is 30.0. The lowest BCUT2D eigenvalue weighted by Gasteiger charge is -2.61. The van der Waals surface area contributed by atoms with Crippen LogP contribution in [0.2, 0.25) is 0 Å². The summed E-state index contributed by atoms with van der Waals surface area (Å²) in [7, 11) is 2.25. The van der Waals surface area contributed by atoms with E-state index in [-0.39, 0.29) is 17.6 Å². The number of rotatable bonds is 2. The molecule has 12 fully saturated rings. The van der Waals surface area contributed by atoms with Crippen molar-refractivity contribution < 1.29 is 31.7 Å². The van der Waals surface area contributed by atoms with Crippen LogP contribution in [0.4, 0.5) is 0 Å². The van der Waals surface area contributed by atoms with Gasteiger partial charge in [-0.15, -0.1) is 9.24 Å². The standard InChI is InChI=1S/C28H45NO3.C28H43NO3.C2H6.CH5P/c2*1-17-7-12-28(29(15-17)16-30)18(2)25-24(32-28)14-23-21-6-5-19-13-20(31)8-10-26(19,3)22(21)9-11-27(23,25)4;2*1-2/h16-25,31H,5-15H2,1-4H3;16-19,21-25H,5-15H2,1-4H3;1-2H3;2H2,1H3/t17-,18-,19?,20-,21+,22?,23?,24?,25?,26-,27-,28-;17-,18-,19?,21+,22?,23?,24?,25?,26-,27-,28-;;/m00../s1/i;;2*1D. The molecule has 0 radical (unpaired) electrons. The molecule has 0 aromatic carbocycles. The maximum atomic E-state index is 12.2. The molecule has 386 valence electrons. The molecule has 4 saturated heterocycles. The van der Waals surface area contributed by atoms with Crippen LogP contribution in [0.5, 0.6) is 0 Å². The number of amides is 2. The van der Waals surface area contributed by atoms with Gasteiger partial charge in [0, 0.05) is 40.5 Å². The van der Waals surface area contributed by atoms with Crippen LogP contribution in [0.25, 0.3) is 0 Å². The predicted octanol–water partition coefficient (Wildman–Crippen LogP) is 12.2. The summed E-state index contributed by atoms with van der Waals surface area (Å²) in [5.41, 5.74) is 0.781. The van der Waals surface area contributed by atoms with Crippen molar-refractivity contribution in [3.8, 4) is 0 Å². The Morgan fingerprint density at radius 3 is 1.53 bits per heavy atom. The van der Waals surface area contributed by atoms with Crippen molar-refractivity contribution in [3.05, 3.63) is 0 Å². The van der Waals surface area contributed by atoms with Gasteiger partial charge in [-0.25, -0.2) is 0 Å². The third-order valence-electron chi connectivity index (χ3n) is 24.7. The second-order valence-electron chi connectivity index (χ2n) is 27.0. The smallest absolute Gasteiger partial charge is 0.211 e. The molecule has 0 bridgehead atoms. The Kier molecular flexibility index (Phi) is 13.7. The van der Waals surface area contributed by atoms with Gasteiger partial charge in [-0.2, -0.15) is 0 Å². The molecule has 8 saturated carbocycles. The molecule has 11 unspecified atom stereocenters. The van der Waals surface area contributed by atoms with Crippen molar-refractivity contribution in [3.63, 3.8) is 0 Å². The van der Waals surface area contributed by atoms with E-state index in [1.165, 1.54) is 77.0 Å². The topological polar surface area (TPSA) is 96.4 Å². The highest BCUT2D eigenvalue weighted by molar-refractivity contribution is 7.15. The summed E-state index contributed by atoms with van der Waals surface area (Å²) in [5.74, 6) is 9.77. The maximum absolute atomic E-state index is 12.2. The molecule has 2 spiro atoms. The van der Waals surface area contributed by atoms with E-state index in [1.54, 1.807) is 6.92 Å². The zero-order valence-corrected chi connectivity index (χ0v) is 45.6. The summed E-state index contributed by atoms with van der Waals surface area (Å²) < 4.78 is 26.4. The van der Waals surface area contributed by atoms with Gasteiger partial charge >= 0.3 is 0 Å². The van der Waals surface area contributed by atoms with E-state index in [1.807, 2.05) is 9.80 Å². The van der Waals surface area contributed by atoms with Crippen molar-refractivity contribution in [2.45, 2.75) is 227 Å². The number of carbonyl (C=O) groups is 3. The minimum Gasteiger partial charge on any atom is -0.393 e. The molecule has 4 aliphatic heterocycles. The summed E-state index contributed by atoms with van der Waals surface area (Å²) in [6.45, 7) is 24.1. The summed E-state index contributed by atoms with van der Waals surface area (Å²) in [5, 5.41) is 10.3. The molecular formula is C59H99N2O6P. The van der Waals surface area contributed by atoms with Gasteiger partial charge in [0.2, 0.25) is 12.8 Å². The number of ketones is 1. The van der Waals surface area contributed by atoms with Gasteiger partial charge in [0.15, 0.2) is 0 Å². The molecular weight excluding hydrogens is 864 g/mol. The monoisotopic (exact) mass is 965 g/mol. The lowest BCUT2D eigenvalue weighted by molar-refractivity contribution is -0.194. The number of fused-ring (bicyclic) bond motifs is 14. The Hall–Kier alpha value is -1.08. The van der Waals surface area contributed by atoms with Crippen LogP contribution < -0.4 is 0 Å². The van der Waals surface area contributed by atoms with E-state index >= 15 is 0 Å². The summed E-state index contributed by atoms with van der Waals surface area (Å²) in [4.78, 5) is 40.5. The zero-order chi connectivity index (χ0) is 50.3. The van der Waals surface area contributed by atoms with Crippen LogP contribution in [-0.4, -0.2) is 83.0 Å². The Morgan fingerprint density at radius 1 is 0.618 bits per heavy atom. The summed E-state index contributed by atoms with van der Waals surface area (Å²) in [6, 6.07) is 0. The lowest BCUT2D eigenvalue weighted by Crippen LogP contribution is -2.58. The minimum atomic E-state index is -0.359. The van der Waals surface area contributed by atoms with Crippen molar-refractivity contribution in [1.82, 2.24) is 9.80 Å². The predicted molar refractivity (Wildman–Crippen MR) is 275 cm³/mol. The number of nitrogens with zero attached hydrogens (tertiary/aromatic N) is 2. The molecule has 12 aliphatic rings. The summed E-state index contributed by atoms with van der Waals surface area (Å²) in [6.07, 6.45) is 26.1. The Labute approximate surface area is 419 Å². The van der Waals surface area contributed by atoms with Crippen LogP contribution in [0.15, 0.2) is 0 Å². The fraction of sp³-hybridized carbons (Fsp3) is 0.949. The van der Waals surface area contributed by atoms with Crippen molar-refractivity contribution in [2.24, 2.45) is 105 Å². The number of hydrogen-bond donors (Lipinski definition) is 1. The maximum Gasteiger partial charge on any atom is 0.211 e. The number of carbonyl (C=O) groups excluding carboxylic acids is 3.